The molecule has 2 rings (SSSR count). The first kappa shape index (κ1) is 11.9. The van der Waals surface area contributed by atoms with E-state index in [9.17, 15) is 9.59 Å². The van der Waals surface area contributed by atoms with E-state index in [2.05, 4.69) is 10.3 Å². The summed E-state index contributed by atoms with van der Waals surface area (Å²) in [5, 5.41) is 3.03. The Morgan fingerprint density at radius 3 is 2.39 bits per heavy atom. The van der Waals surface area contributed by atoms with Crippen LogP contribution in [0.2, 0.25) is 0 Å². The molecule has 0 aliphatic heterocycles. The van der Waals surface area contributed by atoms with E-state index in [0.717, 1.165) is 11.3 Å². The maximum atomic E-state index is 11.5. The van der Waals surface area contributed by atoms with Crippen LogP contribution in [0.15, 0.2) is 41.2 Å². The summed E-state index contributed by atoms with van der Waals surface area (Å²) < 4.78 is 0. The molecule has 5 heteroatoms. The highest BCUT2D eigenvalue weighted by atomic mass is 16.2. The van der Waals surface area contributed by atoms with Crippen molar-refractivity contribution < 1.29 is 4.79 Å². The van der Waals surface area contributed by atoms with E-state index in [1.807, 2.05) is 31.2 Å². The maximum absolute atomic E-state index is 11.5. The van der Waals surface area contributed by atoms with Crippen molar-refractivity contribution in [3.05, 3.63) is 57.9 Å². The van der Waals surface area contributed by atoms with Gasteiger partial charge in [0.2, 0.25) is 0 Å². The number of aromatic nitrogens is 1. The first-order valence-electron chi connectivity index (χ1n) is 5.43. The van der Waals surface area contributed by atoms with Gasteiger partial charge in [0.1, 0.15) is 11.4 Å². The number of amides is 1. The molecular weight excluding hydrogens is 230 g/mol. The summed E-state index contributed by atoms with van der Waals surface area (Å²) in [6.45, 7) is 1.99. The van der Waals surface area contributed by atoms with Gasteiger partial charge in [-0.2, -0.15) is 0 Å². The van der Waals surface area contributed by atoms with Gasteiger partial charge in [0.05, 0.1) is 0 Å². The fourth-order valence-electron chi connectivity index (χ4n) is 1.53. The van der Waals surface area contributed by atoms with Gasteiger partial charge in [0.25, 0.3) is 11.5 Å². The Kier molecular flexibility index (Phi) is 3.14. The molecule has 0 aliphatic rings. The van der Waals surface area contributed by atoms with Crippen LogP contribution < -0.4 is 16.6 Å². The highest BCUT2D eigenvalue weighted by Crippen LogP contribution is 2.13. The monoisotopic (exact) mass is 243 g/mol. The van der Waals surface area contributed by atoms with Gasteiger partial charge in [0.15, 0.2) is 0 Å². The first-order valence-corrected chi connectivity index (χ1v) is 5.43. The Labute approximate surface area is 104 Å². The van der Waals surface area contributed by atoms with Gasteiger partial charge in [0, 0.05) is 5.69 Å². The number of nitrogens with one attached hydrogen (secondary N) is 2. The molecular formula is C13H13N3O2. The van der Waals surface area contributed by atoms with Gasteiger partial charge in [-0.1, -0.05) is 17.7 Å². The molecule has 0 unspecified atom stereocenters. The van der Waals surface area contributed by atoms with E-state index in [-0.39, 0.29) is 5.56 Å². The van der Waals surface area contributed by atoms with Gasteiger partial charge >= 0.3 is 0 Å². The van der Waals surface area contributed by atoms with Crippen molar-refractivity contribution in [3.8, 4) is 0 Å². The highest BCUT2D eigenvalue weighted by molar-refractivity contribution is 5.92. The third-order valence-corrected chi connectivity index (χ3v) is 2.51. The molecule has 1 amide bonds. The summed E-state index contributed by atoms with van der Waals surface area (Å²) in [4.78, 5) is 25.0. The molecule has 2 aromatic rings. The molecule has 0 saturated heterocycles. The van der Waals surface area contributed by atoms with E-state index >= 15 is 0 Å². The first-order chi connectivity index (χ1) is 8.56. The quantitative estimate of drug-likeness (QED) is 0.763. The number of anilines is 2. The van der Waals surface area contributed by atoms with Crippen molar-refractivity contribution in [1.82, 2.24) is 4.98 Å². The number of carbonyl (C=O) groups is 1. The molecule has 0 atom stereocenters. The van der Waals surface area contributed by atoms with Crippen molar-refractivity contribution in [2.45, 2.75) is 6.92 Å². The Balaban J connectivity index is 2.25. The number of carbonyl (C=O) groups excluding carboxylic acids is 1. The van der Waals surface area contributed by atoms with E-state index in [4.69, 9.17) is 5.73 Å². The third kappa shape index (κ3) is 2.57. The van der Waals surface area contributed by atoms with Crippen molar-refractivity contribution in [2.75, 3.05) is 5.32 Å². The molecule has 92 valence electrons. The standard InChI is InChI=1S/C13H13N3O2/c1-8-2-4-9(5-3-8)15-11-7-6-10(12(14)17)13(18)16-11/h2-7H,1H3,(H2,14,17)(H2,15,16,18). The number of hydrogen-bond donors (Lipinski definition) is 3. The van der Waals surface area contributed by atoms with Crippen LogP contribution in [0.5, 0.6) is 0 Å². The summed E-state index contributed by atoms with van der Waals surface area (Å²) in [6.07, 6.45) is 0. The van der Waals surface area contributed by atoms with Gasteiger partial charge in [-0.25, -0.2) is 0 Å². The third-order valence-electron chi connectivity index (χ3n) is 2.51. The number of hydrogen-bond acceptors (Lipinski definition) is 3. The van der Waals surface area contributed by atoms with Crippen LogP contribution >= 0.6 is 0 Å². The number of benzene rings is 1. The minimum absolute atomic E-state index is 0.0514. The van der Waals surface area contributed by atoms with E-state index in [1.165, 1.54) is 6.07 Å². The van der Waals surface area contributed by atoms with Crippen LogP contribution in [-0.4, -0.2) is 10.9 Å². The molecule has 5 nitrogen and oxygen atoms in total. The second kappa shape index (κ2) is 4.75. The predicted molar refractivity (Wildman–Crippen MR) is 70.0 cm³/mol. The zero-order chi connectivity index (χ0) is 13.1. The number of aromatic amines is 1. The smallest absolute Gasteiger partial charge is 0.262 e. The topological polar surface area (TPSA) is 88.0 Å². The summed E-state index contributed by atoms with van der Waals surface area (Å²) in [5.74, 6) is -0.230. The number of primary amides is 1. The zero-order valence-electron chi connectivity index (χ0n) is 9.86. The molecule has 1 aromatic carbocycles. The Bertz CT molecular complexity index is 629. The lowest BCUT2D eigenvalue weighted by atomic mass is 10.2. The van der Waals surface area contributed by atoms with Crippen molar-refractivity contribution in [3.63, 3.8) is 0 Å². The Morgan fingerprint density at radius 2 is 1.83 bits per heavy atom. The number of aryl methyl sites for hydroxylation is 1. The average Bonchev–Trinajstić information content (AvgIpc) is 2.32. The molecule has 0 fully saturated rings. The second-order valence-electron chi connectivity index (χ2n) is 3.97. The normalized spacial score (nSPS) is 10.1. The van der Waals surface area contributed by atoms with Crippen LogP contribution in [0.25, 0.3) is 0 Å². The molecule has 0 saturated carbocycles. The van der Waals surface area contributed by atoms with E-state index in [0.29, 0.717) is 5.82 Å². The molecule has 4 N–H and O–H groups in total. The SMILES string of the molecule is Cc1ccc(Nc2ccc(C(N)=O)c(=O)[nH]2)cc1. The molecule has 1 aromatic heterocycles. The minimum atomic E-state index is -0.738. The van der Waals surface area contributed by atoms with Gasteiger partial charge in [-0.15, -0.1) is 0 Å². The van der Waals surface area contributed by atoms with Crippen molar-refractivity contribution in [1.29, 1.82) is 0 Å². The summed E-state index contributed by atoms with van der Waals surface area (Å²) in [6, 6.07) is 10.7. The van der Waals surface area contributed by atoms with Crippen LogP contribution in [0.3, 0.4) is 0 Å². The van der Waals surface area contributed by atoms with Crippen molar-refractivity contribution >= 4 is 17.4 Å². The lowest BCUT2D eigenvalue weighted by Crippen LogP contribution is -2.23. The van der Waals surface area contributed by atoms with Crippen LogP contribution in [-0.2, 0) is 0 Å². The number of H-pyrrole nitrogens is 1. The Morgan fingerprint density at radius 1 is 1.17 bits per heavy atom. The average molecular weight is 243 g/mol. The van der Waals surface area contributed by atoms with Crippen LogP contribution in [0.4, 0.5) is 11.5 Å². The molecule has 0 aliphatic carbocycles. The fourth-order valence-corrected chi connectivity index (χ4v) is 1.53. The van der Waals surface area contributed by atoms with Crippen LogP contribution in [0, 0.1) is 6.92 Å². The number of pyridine rings is 1. The van der Waals surface area contributed by atoms with Gasteiger partial charge < -0.3 is 16.0 Å². The van der Waals surface area contributed by atoms with E-state index < -0.39 is 11.5 Å². The summed E-state index contributed by atoms with van der Waals surface area (Å²) in [7, 11) is 0. The molecule has 1 heterocycles. The summed E-state index contributed by atoms with van der Waals surface area (Å²) in [5.41, 5.74) is 6.50. The molecule has 18 heavy (non-hydrogen) atoms. The van der Waals surface area contributed by atoms with E-state index in [1.54, 1.807) is 6.07 Å². The van der Waals surface area contributed by atoms with Crippen LogP contribution in [0.1, 0.15) is 15.9 Å². The lowest BCUT2D eigenvalue weighted by molar-refractivity contribution is 0.0999. The fraction of sp³-hybridized carbons (Fsp3) is 0.0769. The second-order valence-corrected chi connectivity index (χ2v) is 3.97. The number of rotatable bonds is 3. The molecule has 0 radical (unpaired) electrons. The zero-order valence-corrected chi connectivity index (χ0v) is 9.86. The predicted octanol–water partition coefficient (Wildman–Crippen LogP) is 1.53. The minimum Gasteiger partial charge on any atom is -0.365 e. The lowest BCUT2D eigenvalue weighted by Gasteiger charge is -2.06. The number of nitrogens with two attached hydrogens (primary N) is 1. The molecule has 0 spiro atoms. The highest BCUT2D eigenvalue weighted by Gasteiger charge is 2.06. The largest absolute Gasteiger partial charge is 0.365 e. The van der Waals surface area contributed by atoms with Crippen molar-refractivity contribution in [2.24, 2.45) is 5.73 Å². The molecule has 0 bridgehead atoms. The maximum Gasteiger partial charge on any atom is 0.262 e. The Hall–Kier alpha value is -2.56. The van der Waals surface area contributed by atoms with Gasteiger partial charge in [-0.05, 0) is 31.2 Å². The van der Waals surface area contributed by atoms with Gasteiger partial charge in [-0.3, -0.25) is 9.59 Å². The summed E-state index contributed by atoms with van der Waals surface area (Å²) >= 11 is 0.